The van der Waals surface area contributed by atoms with Crippen molar-refractivity contribution in [3.63, 3.8) is 0 Å². The Labute approximate surface area is 135 Å². The molecule has 7 heteroatoms. The highest BCUT2D eigenvalue weighted by Crippen LogP contribution is 2.12. The molecule has 3 N–H and O–H groups in total. The number of benzene rings is 1. The van der Waals surface area contributed by atoms with Crippen LogP contribution in [0.2, 0.25) is 0 Å². The van der Waals surface area contributed by atoms with Gasteiger partial charge in [-0.15, -0.1) is 0 Å². The summed E-state index contributed by atoms with van der Waals surface area (Å²) in [5.41, 5.74) is 0.723. The molecule has 1 amide bonds. The predicted molar refractivity (Wildman–Crippen MR) is 87.5 cm³/mol. The molecule has 0 fully saturated rings. The lowest BCUT2D eigenvalue weighted by Gasteiger charge is -2.07. The van der Waals surface area contributed by atoms with E-state index in [1.54, 1.807) is 19.1 Å². The number of aryl methyl sites for hydroxylation is 1. The summed E-state index contributed by atoms with van der Waals surface area (Å²) in [6, 6.07) is 8.23. The molecule has 0 aliphatic carbocycles. The van der Waals surface area contributed by atoms with Crippen LogP contribution >= 0.6 is 0 Å². The highest BCUT2D eigenvalue weighted by atomic mass is 19.1. The number of amides is 1. The van der Waals surface area contributed by atoms with Crippen LogP contribution in [0.15, 0.2) is 46.0 Å². The van der Waals surface area contributed by atoms with E-state index in [1.165, 1.54) is 24.3 Å². The van der Waals surface area contributed by atoms with Gasteiger partial charge in [-0.2, -0.15) is 0 Å². The average Bonchev–Trinajstić information content (AvgIpc) is 2.51. The van der Waals surface area contributed by atoms with E-state index in [2.05, 4.69) is 15.3 Å². The summed E-state index contributed by atoms with van der Waals surface area (Å²) in [6.07, 6.45) is 0. The number of fused-ring (bicyclic) bond motifs is 1. The van der Waals surface area contributed by atoms with Crippen LogP contribution in [0, 0.1) is 12.7 Å². The van der Waals surface area contributed by atoms with Crippen molar-refractivity contribution in [3.05, 3.63) is 79.7 Å². The van der Waals surface area contributed by atoms with Gasteiger partial charge >= 0.3 is 0 Å². The van der Waals surface area contributed by atoms with E-state index in [1.807, 2.05) is 0 Å². The highest BCUT2D eigenvalue weighted by molar-refractivity contribution is 5.92. The number of carbonyl (C=O) groups excluding carboxylic acids is 1. The maximum absolute atomic E-state index is 13.2. The number of hydrogen-bond acceptors (Lipinski definition) is 3. The zero-order valence-corrected chi connectivity index (χ0v) is 12.8. The molecule has 24 heavy (non-hydrogen) atoms. The summed E-state index contributed by atoms with van der Waals surface area (Å²) in [5, 5.41) is 3.24. The van der Waals surface area contributed by atoms with E-state index in [9.17, 15) is 18.8 Å². The fourth-order valence-electron chi connectivity index (χ4n) is 2.42. The van der Waals surface area contributed by atoms with Crippen LogP contribution in [0.25, 0.3) is 10.9 Å². The van der Waals surface area contributed by atoms with Gasteiger partial charge < -0.3 is 15.3 Å². The van der Waals surface area contributed by atoms with E-state index in [0.717, 1.165) is 0 Å². The maximum Gasteiger partial charge on any atom is 0.268 e. The van der Waals surface area contributed by atoms with Gasteiger partial charge in [0.25, 0.3) is 11.5 Å². The Bertz CT molecular complexity index is 1050. The summed E-state index contributed by atoms with van der Waals surface area (Å²) in [6.45, 7) is 1.66. The van der Waals surface area contributed by atoms with Crippen LogP contribution in [0.3, 0.4) is 0 Å². The minimum atomic E-state index is -0.491. The minimum absolute atomic E-state index is 0.0164. The van der Waals surface area contributed by atoms with Gasteiger partial charge in [0.1, 0.15) is 11.5 Å². The Balaban J connectivity index is 1.83. The van der Waals surface area contributed by atoms with Crippen molar-refractivity contribution >= 4 is 16.8 Å². The second-order valence-electron chi connectivity index (χ2n) is 5.45. The maximum atomic E-state index is 13.2. The van der Waals surface area contributed by atoms with Crippen molar-refractivity contribution in [1.29, 1.82) is 0 Å². The third-order valence-corrected chi connectivity index (χ3v) is 3.55. The molecular formula is C17H14FN3O3. The second-order valence-corrected chi connectivity index (χ2v) is 5.45. The molecule has 0 atom stereocenters. The largest absolute Gasteiger partial charge is 0.354 e. The molecule has 2 heterocycles. The zero-order valence-electron chi connectivity index (χ0n) is 12.8. The Kier molecular flexibility index (Phi) is 3.99. The van der Waals surface area contributed by atoms with Gasteiger partial charge in [-0.25, -0.2) is 4.39 Å². The Morgan fingerprint density at radius 1 is 1.12 bits per heavy atom. The number of aromatic amines is 2. The van der Waals surface area contributed by atoms with Crippen LogP contribution in [0.4, 0.5) is 4.39 Å². The third-order valence-electron chi connectivity index (χ3n) is 3.55. The van der Waals surface area contributed by atoms with Crippen molar-refractivity contribution in [2.24, 2.45) is 0 Å². The van der Waals surface area contributed by atoms with Crippen molar-refractivity contribution < 1.29 is 9.18 Å². The molecule has 0 spiro atoms. The van der Waals surface area contributed by atoms with Crippen molar-refractivity contribution in [1.82, 2.24) is 15.3 Å². The van der Waals surface area contributed by atoms with E-state index >= 15 is 0 Å². The number of aromatic nitrogens is 2. The van der Waals surface area contributed by atoms with Crippen molar-refractivity contribution in [2.45, 2.75) is 13.5 Å². The predicted octanol–water partition coefficient (Wildman–Crippen LogP) is 1.59. The average molecular weight is 327 g/mol. The van der Waals surface area contributed by atoms with Gasteiger partial charge in [0.05, 0.1) is 5.52 Å². The number of pyridine rings is 2. The molecule has 0 radical (unpaired) electrons. The molecule has 0 saturated heterocycles. The molecule has 0 aliphatic heterocycles. The van der Waals surface area contributed by atoms with E-state index in [-0.39, 0.29) is 17.7 Å². The quantitative estimate of drug-likeness (QED) is 0.682. The van der Waals surface area contributed by atoms with E-state index < -0.39 is 17.3 Å². The number of rotatable bonds is 3. The van der Waals surface area contributed by atoms with Crippen molar-refractivity contribution in [3.8, 4) is 0 Å². The first kappa shape index (κ1) is 15.7. The van der Waals surface area contributed by atoms with Crippen LogP contribution < -0.4 is 16.3 Å². The molecular weight excluding hydrogens is 313 g/mol. The van der Waals surface area contributed by atoms with Gasteiger partial charge in [-0.1, -0.05) is 0 Å². The standard InChI is InChI=1S/C17H14FN3O3/c1-9-4-13(22)7-15(20-9)17(24)19-8-11-5-10-2-3-12(18)6-14(10)21-16(11)23/h2-7H,8H2,1H3,(H,19,24)(H,20,22)(H,21,23). The second kappa shape index (κ2) is 6.11. The molecule has 0 aliphatic rings. The highest BCUT2D eigenvalue weighted by Gasteiger charge is 2.09. The zero-order chi connectivity index (χ0) is 17.3. The minimum Gasteiger partial charge on any atom is -0.354 e. The van der Waals surface area contributed by atoms with Gasteiger partial charge in [0, 0.05) is 29.9 Å². The molecule has 122 valence electrons. The first-order valence-corrected chi connectivity index (χ1v) is 7.23. The van der Waals surface area contributed by atoms with Crippen LogP contribution in [-0.4, -0.2) is 15.9 Å². The fourth-order valence-corrected chi connectivity index (χ4v) is 2.42. The molecule has 1 aromatic carbocycles. The van der Waals surface area contributed by atoms with E-state index in [4.69, 9.17) is 0 Å². The SMILES string of the molecule is Cc1cc(=O)cc(C(=O)NCc2cc3ccc(F)cc3[nH]c2=O)[nH]1. The Morgan fingerprint density at radius 2 is 1.92 bits per heavy atom. The Morgan fingerprint density at radius 3 is 2.67 bits per heavy atom. The lowest BCUT2D eigenvalue weighted by molar-refractivity contribution is 0.0945. The molecule has 2 aromatic heterocycles. The van der Waals surface area contributed by atoms with Gasteiger partial charge in [-0.3, -0.25) is 14.4 Å². The Hall–Kier alpha value is -3.22. The van der Waals surface area contributed by atoms with Gasteiger partial charge in [0.2, 0.25) is 0 Å². The van der Waals surface area contributed by atoms with Crippen LogP contribution in [0.5, 0.6) is 0 Å². The fraction of sp³-hybridized carbons (Fsp3) is 0.118. The topological polar surface area (TPSA) is 94.8 Å². The first-order chi connectivity index (χ1) is 11.4. The van der Waals surface area contributed by atoms with Gasteiger partial charge in [-0.05, 0) is 36.6 Å². The lowest BCUT2D eigenvalue weighted by Crippen LogP contribution is -2.28. The molecule has 6 nitrogen and oxygen atoms in total. The molecule has 3 aromatic rings. The monoisotopic (exact) mass is 327 g/mol. The molecule has 0 saturated carbocycles. The number of nitrogens with one attached hydrogen (secondary N) is 3. The normalized spacial score (nSPS) is 10.8. The number of halogens is 1. The summed E-state index contributed by atoms with van der Waals surface area (Å²) in [7, 11) is 0. The van der Waals surface area contributed by atoms with Crippen molar-refractivity contribution in [2.75, 3.05) is 0 Å². The third kappa shape index (κ3) is 3.24. The number of H-pyrrole nitrogens is 2. The molecule has 0 bridgehead atoms. The smallest absolute Gasteiger partial charge is 0.268 e. The van der Waals surface area contributed by atoms with E-state index in [0.29, 0.717) is 22.2 Å². The first-order valence-electron chi connectivity index (χ1n) is 7.23. The lowest BCUT2D eigenvalue weighted by atomic mass is 10.1. The number of carbonyl (C=O) groups is 1. The van der Waals surface area contributed by atoms with Crippen LogP contribution in [0.1, 0.15) is 21.7 Å². The summed E-state index contributed by atoms with van der Waals surface area (Å²) in [4.78, 5) is 40.9. The summed E-state index contributed by atoms with van der Waals surface area (Å²) < 4.78 is 13.2. The van der Waals surface area contributed by atoms with Gasteiger partial charge in [0.15, 0.2) is 5.43 Å². The summed E-state index contributed by atoms with van der Waals surface area (Å²) >= 11 is 0. The number of hydrogen-bond donors (Lipinski definition) is 3. The molecule has 0 unspecified atom stereocenters. The van der Waals surface area contributed by atoms with Crippen LogP contribution in [-0.2, 0) is 6.54 Å². The summed E-state index contributed by atoms with van der Waals surface area (Å²) in [5.74, 6) is -0.933. The molecule has 3 rings (SSSR count).